The van der Waals surface area contributed by atoms with Crippen LogP contribution >= 0.6 is 23.2 Å². The Kier molecular flexibility index (Phi) is 5.25. The topological polar surface area (TPSA) is 38.3 Å². The highest BCUT2D eigenvalue weighted by atomic mass is 35.5. The molecule has 0 fully saturated rings. The highest BCUT2D eigenvalue weighted by Gasteiger charge is 2.28. The van der Waals surface area contributed by atoms with Crippen LogP contribution in [-0.2, 0) is 16.1 Å². The molecule has 1 N–H and O–H groups in total. The van der Waals surface area contributed by atoms with Crippen molar-refractivity contribution >= 4 is 29.1 Å². The molecule has 8 heteroatoms. The van der Waals surface area contributed by atoms with E-state index in [-0.39, 0.29) is 11.4 Å². The third-order valence-electron chi connectivity index (χ3n) is 1.79. The van der Waals surface area contributed by atoms with Gasteiger partial charge in [-0.3, -0.25) is 9.63 Å². The van der Waals surface area contributed by atoms with Gasteiger partial charge in [0, 0.05) is 10.0 Å². The lowest BCUT2D eigenvalue weighted by Crippen LogP contribution is -2.30. The number of amides is 1. The summed E-state index contributed by atoms with van der Waals surface area (Å²) >= 11 is 11.4. The second-order valence-corrected chi connectivity index (χ2v) is 4.19. The molecule has 0 saturated heterocycles. The number of benzene rings is 1. The zero-order valence-corrected chi connectivity index (χ0v) is 10.4. The molecule has 1 rings (SSSR count). The minimum atomic E-state index is -4.49. The van der Waals surface area contributed by atoms with Gasteiger partial charge in [-0.25, -0.2) is 5.48 Å². The summed E-state index contributed by atoms with van der Waals surface area (Å²) in [5, 5.41) is 0.658. The van der Waals surface area contributed by atoms with E-state index in [0.717, 1.165) is 0 Å². The van der Waals surface area contributed by atoms with Crippen LogP contribution in [0, 0.1) is 0 Å². The van der Waals surface area contributed by atoms with Gasteiger partial charge in [0.05, 0.1) is 6.42 Å². The standard InChI is InChI=1S/C10H8Cl2F3NO2/c11-7-2-1-6(8(12)4-7)3-9(17)16-18-5-10(13,14)15/h1-2,4H,3,5H2,(H,16,17). The molecular formula is C10H8Cl2F3NO2. The largest absolute Gasteiger partial charge is 0.414 e. The first-order valence-electron chi connectivity index (χ1n) is 4.69. The van der Waals surface area contributed by atoms with Crippen LogP contribution in [0.2, 0.25) is 10.0 Å². The minimum absolute atomic E-state index is 0.201. The number of halogens is 5. The van der Waals surface area contributed by atoms with Gasteiger partial charge < -0.3 is 0 Å². The first kappa shape index (κ1) is 15.1. The predicted octanol–water partition coefficient (Wildman–Crippen LogP) is 3.15. The van der Waals surface area contributed by atoms with Gasteiger partial charge >= 0.3 is 6.18 Å². The fourth-order valence-corrected chi connectivity index (χ4v) is 1.55. The number of hydrogen-bond donors (Lipinski definition) is 1. The Bertz CT molecular complexity index is 438. The number of carbonyl (C=O) groups excluding carboxylic acids is 1. The fraction of sp³-hybridized carbons (Fsp3) is 0.300. The van der Waals surface area contributed by atoms with Gasteiger partial charge in [0.15, 0.2) is 6.61 Å². The Labute approximate surface area is 111 Å². The van der Waals surface area contributed by atoms with E-state index < -0.39 is 18.7 Å². The highest BCUT2D eigenvalue weighted by molar-refractivity contribution is 6.35. The highest BCUT2D eigenvalue weighted by Crippen LogP contribution is 2.21. The van der Waals surface area contributed by atoms with E-state index in [1.54, 1.807) is 5.48 Å². The SMILES string of the molecule is O=C(Cc1ccc(Cl)cc1Cl)NOCC(F)(F)F. The smallest absolute Gasteiger partial charge is 0.272 e. The maximum atomic E-state index is 11.7. The second kappa shape index (κ2) is 6.26. The van der Waals surface area contributed by atoms with Gasteiger partial charge in [-0.1, -0.05) is 29.3 Å². The molecule has 0 unspecified atom stereocenters. The van der Waals surface area contributed by atoms with Crippen LogP contribution in [-0.4, -0.2) is 18.7 Å². The van der Waals surface area contributed by atoms with Crippen molar-refractivity contribution in [3.8, 4) is 0 Å². The molecule has 0 spiro atoms. The van der Waals surface area contributed by atoms with Gasteiger partial charge in [-0.05, 0) is 17.7 Å². The van der Waals surface area contributed by atoms with Crippen molar-refractivity contribution < 1.29 is 22.8 Å². The molecule has 0 radical (unpaired) electrons. The molecule has 0 aliphatic heterocycles. The number of carbonyl (C=O) groups is 1. The number of nitrogens with one attached hydrogen (secondary N) is 1. The molecule has 1 amide bonds. The summed E-state index contributed by atoms with van der Waals surface area (Å²) in [4.78, 5) is 15.2. The van der Waals surface area contributed by atoms with Crippen molar-refractivity contribution in [1.82, 2.24) is 5.48 Å². The summed E-state index contributed by atoms with van der Waals surface area (Å²) in [7, 11) is 0. The molecule has 0 aliphatic carbocycles. The average molecular weight is 302 g/mol. The van der Waals surface area contributed by atoms with Crippen LogP contribution in [0.25, 0.3) is 0 Å². The Morgan fingerprint density at radius 2 is 2.00 bits per heavy atom. The van der Waals surface area contributed by atoms with Crippen molar-refractivity contribution in [2.75, 3.05) is 6.61 Å². The van der Waals surface area contributed by atoms with Crippen LogP contribution in [0.5, 0.6) is 0 Å². The van der Waals surface area contributed by atoms with Crippen molar-refractivity contribution in [3.05, 3.63) is 33.8 Å². The molecule has 3 nitrogen and oxygen atoms in total. The van der Waals surface area contributed by atoms with Gasteiger partial charge in [0.1, 0.15) is 0 Å². The first-order chi connectivity index (χ1) is 8.28. The Hall–Kier alpha value is -0.980. The number of hydrogen-bond acceptors (Lipinski definition) is 2. The molecule has 0 heterocycles. The minimum Gasteiger partial charge on any atom is -0.272 e. The Balaban J connectivity index is 2.45. The van der Waals surface area contributed by atoms with Crippen LogP contribution in [0.4, 0.5) is 13.2 Å². The van der Waals surface area contributed by atoms with Crippen LogP contribution in [0.1, 0.15) is 5.56 Å². The van der Waals surface area contributed by atoms with E-state index in [2.05, 4.69) is 4.84 Å². The molecule has 1 aromatic carbocycles. The summed E-state index contributed by atoms with van der Waals surface area (Å²) in [5.41, 5.74) is 2.12. The van der Waals surface area contributed by atoms with Gasteiger partial charge in [-0.2, -0.15) is 13.2 Å². The van der Waals surface area contributed by atoms with Crippen molar-refractivity contribution in [1.29, 1.82) is 0 Å². The molecule has 0 aromatic heterocycles. The van der Waals surface area contributed by atoms with E-state index in [0.29, 0.717) is 10.6 Å². The molecule has 0 bridgehead atoms. The summed E-state index contributed by atoms with van der Waals surface area (Å²) in [6.45, 7) is -1.55. The van der Waals surface area contributed by atoms with Crippen molar-refractivity contribution in [2.45, 2.75) is 12.6 Å². The van der Waals surface area contributed by atoms with Gasteiger partial charge in [0.25, 0.3) is 0 Å². The first-order valence-corrected chi connectivity index (χ1v) is 5.45. The van der Waals surface area contributed by atoms with Gasteiger partial charge in [-0.15, -0.1) is 0 Å². The number of hydroxylamine groups is 1. The monoisotopic (exact) mass is 301 g/mol. The fourth-order valence-electron chi connectivity index (χ4n) is 1.07. The maximum Gasteiger partial charge on any atom is 0.414 e. The molecule has 0 atom stereocenters. The van der Waals surface area contributed by atoms with E-state index in [4.69, 9.17) is 23.2 Å². The summed E-state index contributed by atoms with van der Waals surface area (Å²) in [5.74, 6) is -0.733. The van der Waals surface area contributed by atoms with Crippen LogP contribution in [0.3, 0.4) is 0 Å². The van der Waals surface area contributed by atoms with E-state index in [1.165, 1.54) is 18.2 Å². The third-order valence-corrected chi connectivity index (χ3v) is 2.37. The lowest BCUT2D eigenvalue weighted by atomic mass is 10.1. The van der Waals surface area contributed by atoms with E-state index in [1.807, 2.05) is 0 Å². The summed E-state index contributed by atoms with van der Waals surface area (Å²) in [6.07, 6.45) is -4.70. The molecule has 0 aliphatic rings. The van der Waals surface area contributed by atoms with Crippen LogP contribution in [0.15, 0.2) is 18.2 Å². The van der Waals surface area contributed by atoms with E-state index in [9.17, 15) is 18.0 Å². The second-order valence-electron chi connectivity index (χ2n) is 3.34. The molecule has 100 valence electrons. The maximum absolute atomic E-state index is 11.7. The molecule has 0 saturated carbocycles. The Morgan fingerprint density at radius 3 is 2.56 bits per heavy atom. The summed E-state index contributed by atoms with van der Waals surface area (Å²) in [6, 6.07) is 4.46. The van der Waals surface area contributed by atoms with Crippen molar-refractivity contribution in [2.24, 2.45) is 0 Å². The summed E-state index contributed by atoms with van der Waals surface area (Å²) < 4.78 is 35.2. The number of rotatable bonds is 4. The lowest BCUT2D eigenvalue weighted by Gasteiger charge is -2.09. The van der Waals surface area contributed by atoms with Crippen LogP contribution < -0.4 is 5.48 Å². The third kappa shape index (κ3) is 5.57. The zero-order valence-electron chi connectivity index (χ0n) is 8.85. The van der Waals surface area contributed by atoms with Gasteiger partial charge in [0.2, 0.25) is 5.91 Å². The van der Waals surface area contributed by atoms with Crippen molar-refractivity contribution in [3.63, 3.8) is 0 Å². The Morgan fingerprint density at radius 1 is 1.33 bits per heavy atom. The molecule has 18 heavy (non-hydrogen) atoms. The number of alkyl halides is 3. The molecule has 1 aromatic rings. The predicted molar refractivity (Wildman–Crippen MR) is 60.3 cm³/mol. The normalized spacial score (nSPS) is 11.4. The van der Waals surface area contributed by atoms with E-state index >= 15 is 0 Å². The zero-order chi connectivity index (χ0) is 13.8. The average Bonchev–Trinajstić information content (AvgIpc) is 2.20. The lowest BCUT2D eigenvalue weighted by molar-refractivity contribution is -0.191. The molecular weight excluding hydrogens is 294 g/mol. The quantitative estimate of drug-likeness (QED) is 0.868.